The summed E-state index contributed by atoms with van der Waals surface area (Å²) in [4.78, 5) is 6.86. The maximum absolute atomic E-state index is 6.18. The number of para-hydroxylation sites is 1. The maximum atomic E-state index is 6.18. The van der Waals surface area contributed by atoms with Crippen LogP contribution in [0.3, 0.4) is 0 Å². The van der Waals surface area contributed by atoms with Crippen molar-refractivity contribution in [3.8, 4) is 5.69 Å². The van der Waals surface area contributed by atoms with E-state index in [9.17, 15) is 0 Å². The van der Waals surface area contributed by atoms with Crippen LogP contribution < -0.4 is 10.2 Å². The van der Waals surface area contributed by atoms with Crippen LogP contribution >= 0.6 is 23.8 Å². The van der Waals surface area contributed by atoms with Gasteiger partial charge in [-0.3, -0.25) is 4.98 Å². The van der Waals surface area contributed by atoms with Crippen LogP contribution in [0.2, 0.25) is 5.02 Å². The minimum Gasteiger partial charge on any atom is -0.351 e. The van der Waals surface area contributed by atoms with Crippen molar-refractivity contribution in [1.29, 1.82) is 0 Å². The summed E-state index contributed by atoms with van der Waals surface area (Å²) in [6.07, 6.45) is 1.83. The van der Waals surface area contributed by atoms with Crippen LogP contribution in [0.25, 0.3) is 5.69 Å². The average molecular weight is 473 g/mol. The van der Waals surface area contributed by atoms with Gasteiger partial charge in [0.1, 0.15) is 0 Å². The van der Waals surface area contributed by atoms with Gasteiger partial charge in [-0.2, -0.15) is 0 Å². The Morgan fingerprint density at radius 3 is 2.36 bits per heavy atom. The summed E-state index contributed by atoms with van der Waals surface area (Å²) in [7, 11) is 0. The van der Waals surface area contributed by atoms with E-state index in [0.29, 0.717) is 10.1 Å². The highest BCUT2D eigenvalue weighted by Crippen LogP contribution is 2.44. The summed E-state index contributed by atoms with van der Waals surface area (Å²) in [5.74, 6) is 0. The van der Waals surface area contributed by atoms with Gasteiger partial charge >= 0.3 is 0 Å². The molecule has 0 amide bonds. The van der Waals surface area contributed by atoms with Crippen LogP contribution in [-0.2, 0) is 0 Å². The highest BCUT2D eigenvalue weighted by Gasteiger charge is 2.42. The standard InChI is InChI=1S/C27H25ClN4S/c1-17-8-4-5-10-24(17)31-18(2)16-22(19(31)3)26-25(23-9-6-7-15-29-23)30-27(33)32(26)21-13-11-20(28)12-14-21/h4-16,25-26H,1-3H3,(H,30,33)/t25-,26+/m0/s1. The molecule has 1 aliphatic rings. The number of rotatable bonds is 4. The van der Waals surface area contributed by atoms with Gasteiger partial charge in [-0.05, 0) is 92.6 Å². The Morgan fingerprint density at radius 1 is 0.939 bits per heavy atom. The summed E-state index contributed by atoms with van der Waals surface area (Å²) in [6, 6.07) is 24.5. The molecule has 0 spiro atoms. The van der Waals surface area contributed by atoms with Crippen molar-refractivity contribution in [2.45, 2.75) is 32.9 Å². The van der Waals surface area contributed by atoms with Gasteiger partial charge in [0.15, 0.2) is 5.11 Å². The molecule has 2 aromatic carbocycles. The predicted octanol–water partition coefficient (Wildman–Crippen LogP) is 6.63. The van der Waals surface area contributed by atoms with Gasteiger partial charge in [0.2, 0.25) is 0 Å². The molecule has 33 heavy (non-hydrogen) atoms. The summed E-state index contributed by atoms with van der Waals surface area (Å²) >= 11 is 12.0. The molecule has 4 nitrogen and oxygen atoms in total. The lowest BCUT2D eigenvalue weighted by molar-refractivity contribution is 0.565. The molecule has 6 heteroatoms. The van der Waals surface area contributed by atoms with E-state index in [1.54, 1.807) is 0 Å². The molecule has 1 fully saturated rings. The summed E-state index contributed by atoms with van der Waals surface area (Å²) < 4.78 is 2.33. The molecule has 2 aromatic heterocycles. The number of hydrogen-bond acceptors (Lipinski definition) is 2. The zero-order valence-electron chi connectivity index (χ0n) is 18.8. The first kappa shape index (κ1) is 21.7. The molecule has 0 aliphatic carbocycles. The quantitative estimate of drug-likeness (QED) is 0.338. The Labute approximate surface area is 204 Å². The van der Waals surface area contributed by atoms with Gasteiger partial charge < -0.3 is 14.8 Å². The lowest BCUT2D eigenvalue weighted by Crippen LogP contribution is -2.29. The number of aryl methyl sites for hydroxylation is 2. The molecular formula is C27H25ClN4S. The first-order valence-corrected chi connectivity index (χ1v) is 11.8. The normalized spacial score (nSPS) is 17.9. The Balaban J connectivity index is 1.69. The fourth-order valence-electron chi connectivity index (χ4n) is 4.82. The molecule has 2 atom stereocenters. The first-order valence-electron chi connectivity index (χ1n) is 11.0. The molecule has 4 aromatic rings. The van der Waals surface area contributed by atoms with E-state index in [1.807, 2.05) is 42.6 Å². The number of halogens is 1. The maximum Gasteiger partial charge on any atom is 0.174 e. The number of pyridine rings is 1. The molecule has 1 aliphatic heterocycles. The van der Waals surface area contributed by atoms with Crippen molar-refractivity contribution in [1.82, 2.24) is 14.9 Å². The smallest absolute Gasteiger partial charge is 0.174 e. The number of nitrogens with zero attached hydrogens (tertiary/aromatic N) is 3. The number of anilines is 1. The van der Waals surface area contributed by atoms with Crippen molar-refractivity contribution >= 4 is 34.6 Å². The third-order valence-corrected chi connectivity index (χ3v) is 6.91. The highest BCUT2D eigenvalue weighted by molar-refractivity contribution is 7.80. The van der Waals surface area contributed by atoms with E-state index in [2.05, 4.69) is 76.9 Å². The summed E-state index contributed by atoms with van der Waals surface area (Å²) in [5.41, 5.74) is 7.99. The van der Waals surface area contributed by atoms with Crippen molar-refractivity contribution in [2.75, 3.05) is 4.90 Å². The zero-order chi connectivity index (χ0) is 23.1. The van der Waals surface area contributed by atoms with Crippen LogP contribution in [0, 0.1) is 20.8 Å². The van der Waals surface area contributed by atoms with Gasteiger partial charge in [0.05, 0.1) is 17.8 Å². The molecule has 1 saturated heterocycles. The van der Waals surface area contributed by atoms with Crippen LogP contribution in [0.15, 0.2) is 79.0 Å². The fourth-order valence-corrected chi connectivity index (χ4v) is 5.29. The summed E-state index contributed by atoms with van der Waals surface area (Å²) in [6.45, 7) is 6.49. The third kappa shape index (κ3) is 3.81. The second kappa shape index (κ2) is 8.65. The molecular weight excluding hydrogens is 448 g/mol. The van der Waals surface area contributed by atoms with Gasteiger partial charge in [0.25, 0.3) is 0 Å². The topological polar surface area (TPSA) is 33.1 Å². The number of hydrogen-bond donors (Lipinski definition) is 1. The molecule has 0 bridgehead atoms. The SMILES string of the molecule is Cc1ccccc1-n1c(C)cc([C@@H]2[C@H](c3ccccn3)NC(=S)N2c2ccc(Cl)cc2)c1C. The second-order valence-electron chi connectivity index (χ2n) is 8.42. The molecule has 1 N–H and O–H groups in total. The molecule has 0 radical (unpaired) electrons. The molecule has 166 valence electrons. The number of aromatic nitrogens is 2. The van der Waals surface area contributed by atoms with Gasteiger partial charge in [0, 0.05) is 34.0 Å². The number of nitrogens with one attached hydrogen (secondary N) is 1. The second-order valence-corrected chi connectivity index (χ2v) is 9.24. The van der Waals surface area contributed by atoms with Crippen LogP contribution in [-0.4, -0.2) is 14.7 Å². The molecule has 0 unspecified atom stereocenters. The van der Waals surface area contributed by atoms with Gasteiger partial charge in [-0.1, -0.05) is 35.9 Å². The van der Waals surface area contributed by atoms with Crippen molar-refractivity contribution in [3.63, 3.8) is 0 Å². The summed E-state index contributed by atoms with van der Waals surface area (Å²) in [5, 5.41) is 4.92. The van der Waals surface area contributed by atoms with Gasteiger partial charge in [-0.15, -0.1) is 0 Å². The van der Waals surface area contributed by atoms with E-state index in [4.69, 9.17) is 23.8 Å². The number of thiocarbonyl (C=S) groups is 1. The average Bonchev–Trinajstić information content (AvgIpc) is 3.31. The minimum absolute atomic E-state index is 0.0578. The molecule has 0 saturated carbocycles. The van der Waals surface area contributed by atoms with Crippen LogP contribution in [0.5, 0.6) is 0 Å². The van der Waals surface area contributed by atoms with Crippen LogP contribution in [0.1, 0.15) is 40.3 Å². The predicted molar refractivity (Wildman–Crippen MR) is 139 cm³/mol. The monoisotopic (exact) mass is 472 g/mol. The lowest BCUT2D eigenvalue weighted by Gasteiger charge is -2.28. The van der Waals surface area contributed by atoms with E-state index in [0.717, 1.165) is 11.4 Å². The van der Waals surface area contributed by atoms with E-state index < -0.39 is 0 Å². The van der Waals surface area contributed by atoms with E-state index in [1.165, 1.54) is 28.2 Å². The Hall–Kier alpha value is -3.15. The number of benzene rings is 2. The fraction of sp³-hybridized carbons (Fsp3) is 0.185. The van der Waals surface area contributed by atoms with Crippen molar-refractivity contribution < 1.29 is 0 Å². The lowest BCUT2D eigenvalue weighted by atomic mass is 9.96. The molecule has 5 rings (SSSR count). The largest absolute Gasteiger partial charge is 0.351 e. The Kier molecular flexibility index (Phi) is 5.69. The van der Waals surface area contributed by atoms with Crippen molar-refractivity contribution in [3.05, 3.63) is 112 Å². The van der Waals surface area contributed by atoms with Gasteiger partial charge in [-0.25, -0.2) is 0 Å². The minimum atomic E-state index is -0.0831. The molecule has 3 heterocycles. The van der Waals surface area contributed by atoms with Crippen molar-refractivity contribution in [2.24, 2.45) is 0 Å². The van der Waals surface area contributed by atoms with Crippen LogP contribution in [0.4, 0.5) is 5.69 Å². The highest BCUT2D eigenvalue weighted by atomic mass is 35.5. The Bertz CT molecular complexity index is 1310. The third-order valence-electron chi connectivity index (χ3n) is 6.35. The first-order chi connectivity index (χ1) is 16.0. The Morgan fingerprint density at radius 2 is 1.67 bits per heavy atom. The van der Waals surface area contributed by atoms with E-state index in [-0.39, 0.29) is 12.1 Å². The zero-order valence-corrected chi connectivity index (χ0v) is 20.4. The van der Waals surface area contributed by atoms with E-state index >= 15 is 0 Å².